The SMILES string of the molecule is CC(C)N1CCC(c2ccccc2)C1.CC(C)N1CCC(c2ccccn2)CC1.CC(C)N1CCCC1c1ccncc1.CC(C)N1CCCCC1Cc1ccccn1.CC1CN(C2CCN(C(C)C)CC2)CC(C)O1. The number of aromatic nitrogens is 3. The molecule has 4 aromatic rings. The number of rotatable bonds is 11. The average molecular weight is 1040 g/mol. The van der Waals surface area contributed by atoms with E-state index in [2.05, 4.69) is 194 Å². The van der Waals surface area contributed by atoms with Crippen LogP contribution in [-0.2, 0) is 11.2 Å². The Morgan fingerprint density at radius 1 is 0.461 bits per heavy atom. The number of benzene rings is 1. The Morgan fingerprint density at radius 3 is 1.57 bits per heavy atom. The molecule has 0 bridgehead atoms. The van der Waals surface area contributed by atoms with E-state index in [1.807, 2.05) is 36.9 Å². The smallest absolute Gasteiger partial charge is 0.0678 e. The summed E-state index contributed by atoms with van der Waals surface area (Å²) in [5.41, 5.74) is 5.45. The fourth-order valence-corrected chi connectivity index (χ4v) is 12.9. The third-order valence-electron chi connectivity index (χ3n) is 17.3. The van der Waals surface area contributed by atoms with Crippen LogP contribution in [0.5, 0.6) is 0 Å². The lowest BCUT2D eigenvalue weighted by Crippen LogP contribution is -2.53. The van der Waals surface area contributed by atoms with Gasteiger partial charge >= 0.3 is 0 Å². The maximum Gasteiger partial charge on any atom is 0.0678 e. The van der Waals surface area contributed by atoms with E-state index in [0.717, 1.165) is 31.5 Å². The molecular weight excluding hydrogens is 935 g/mol. The van der Waals surface area contributed by atoms with E-state index in [4.69, 9.17) is 4.74 Å². The molecule has 10 heteroatoms. The highest BCUT2D eigenvalue weighted by Gasteiger charge is 2.32. The van der Waals surface area contributed by atoms with Crippen molar-refractivity contribution in [1.29, 1.82) is 0 Å². The number of hydrogen-bond donors (Lipinski definition) is 0. The minimum atomic E-state index is 0.405. The molecule has 0 spiro atoms. The molecule has 76 heavy (non-hydrogen) atoms. The molecular formula is C66H107N9O. The van der Waals surface area contributed by atoms with Gasteiger partial charge < -0.3 is 19.4 Å². The van der Waals surface area contributed by atoms with Crippen molar-refractivity contribution in [3.63, 3.8) is 0 Å². The number of likely N-dealkylation sites (tertiary alicyclic amines) is 5. The van der Waals surface area contributed by atoms with Crippen molar-refractivity contribution >= 4 is 0 Å². The van der Waals surface area contributed by atoms with Gasteiger partial charge in [0.1, 0.15) is 0 Å². The van der Waals surface area contributed by atoms with Gasteiger partial charge in [-0.05, 0) is 240 Å². The van der Waals surface area contributed by atoms with Gasteiger partial charge in [-0.15, -0.1) is 0 Å². The average Bonchev–Trinajstić information content (AvgIpc) is 4.15. The maximum atomic E-state index is 5.81. The van der Waals surface area contributed by atoms with Crippen molar-refractivity contribution in [2.45, 2.75) is 226 Å². The van der Waals surface area contributed by atoms with Gasteiger partial charge in [-0.1, -0.05) is 48.9 Å². The molecule has 6 saturated heterocycles. The molecule has 6 aliphatic heterocycles. The lowest BCUT2D eigenvalue weighted by atomic mass is 9.92. The van der Waals surface area contributed by atoms with Crippen molar-refractivity contribution in [1.82, 2.24) is 44.4 Å². The van der Waals surface area contributed by atoms with Crippen LogP contribution in [-0.4, -0.2) is 164 Å². The van der Waals surface area contributed by atoms with Crippen molar-refractivity contribution < 1.29 is 4.74 Å². The van der Waals surface area contributed by atoms with Crippen LogP contribution in [0.2, 0.25) is 0 Å². The highest BCUT2D eigenvalue weighted by atomic mass is 16.5. The number of hydrogen-bond acceptors (Lipinski definition) is 10. The Morgan fingerprint density at radius 2 is 1.01 bits per heavy atom. The highest BCUT2D eigenvalue weighted by Crippen LogP contribution is 2.33. The lowest BCUT2D eigenvalue weighted by molar-refractivity contribution is -0.0870. The first kappa shape index (κ1) is 61.6. The Kier molecular flexibility index (Phi) is 26.3. The van der Waals surface area contributed by atoms with Gasteiger partial charge in [-0.25, -0.2) is 0 Å². The molecule has 0 radical (unpaired) electrons. The largest absolute Gasteiger partial charge is 0.373 e. The minimum absolute atomic E-state index is 0.405. The van der Waals surface area contributed by atoms with E-state index in [1.54, 1.807) is 0 Å². The second-order valence-corrected chi connectivity index (χ2v) is 24.5. The van der Waals surface area contributed by atoms with Gasteiger partial charge in [0, 0.05) is 116 Å². The minimum Gasteiger partial charge on any atom is -0.373 e. The van der Waals surface area contributed by atoms with Gasteiger partial charge in [-0.2, -0.15) is 0 Å². The van der Waals surface area contributed by atoms with Gasteiger partial charge in [0.05, 0.1) is 12.2 Å². The first-order valence-electron chi connectivity index (χ1n) is 30.5. The molecule has 1 aromatic carbocycles. The van der Waals surface area contributed by atoms with Crippen LogP contribution in [0.3, 0.4) is 0 Å². The van der Waals surface area contributed by atoms with Crippen LogP contribution in [0.25, 0.3) is 0 Å². The van der Waals surface area contributed by atoms with Crippen LogP contribution in [0.1, 0.15) is 188 Å². The van der Waals surface area contributed by atoms with E-state index >= 15 is 0 Å². The standard InChI is InChI=1S/C14H28N2O.C14H22N2.C13H20N2.C13H19N.C12H18N2/c1-11(2)15-7-5-14(6-8-15)16-9-12(3)17-13(4)10-16;1-12(2)16-10-6-4-8-14(16)11-13-7-3-5-9-15-13;1-11(2)15-9-6-12(7-10-15)13-5-3-4-8-14-13;1-11(2)14-9-8-13(10-14)12-6-4-3-5-7-12;1-10(2)14-9-3-4-12(14)11-5-7-13-8-6-11/h11-14H,5-10H2,1-4H3;3,5,7,9,12,14H,4,6,8,10-11H2,1-2H3;3-5,8,11-12H,6-7,9-10H2,1-2H3;3-7,11,13H,8-10H2,1-2H3;5-8,10,12H,3-4,9H2,1-2H3. The number of morpholine rings is 1. The summed E-state index contributed by atoms with van der Waals surface area (Å²) in [6.45, 7) is 39.5. The molecule has 10 nitrogen and oxygen atoms in total. The molecule has 0 amide bonds. The van der Waals surface area contributed by atoms with E-state index in [0.29, 0.717) is 60.4 Å². The fraction of sp³-hybridized carbons (Fsp3) is 0.682. The van der Waals surface area contributed by atoms with Gasteiger partial charge in [0.2, 0.25) is 0 Å². The second kappa shape index (κ2) is 32.5. The van der Waals surface area contributed by atoms with Crippen molar-refractivity contribution in [3.05, 3.63) is 126 Å². The number of pyridine rings is 3. The van der Waals surface area contributed by atoms with Crippen molar-refractivity contribution in [2.24, 2.45) is 0 Å². The van der Waals surface area contributed by atoms with Gasteiger partial charge in [0.25, 0.3) is 0 Å². The number of ether oxygens (including phenoxy) is 1. The molecule has 422 valence electrons. The summed E-state index contributed by atoms with van der Waals surface area (Å²) in [7, 11) is 0. The predicted molar refractivity (Wildman–Crippen MR) is 320 cm³/mol. The molecule has 6 fully saturated rings. The first-order valence-corrected chi connectivity index (χ1v) is 30.5. The molecule has 6 aliphatic rings. The van der Waals surface area contributed by atoms with Gasteiger partial charge in [0.15, 0.2) is 0 Å². The van der Waals surface area contributed by atoms with Crippen LogP contribution >= 0.6 is 0 Å². The topological polar surface area (TPSA) is 67.3 Å². The van der Waals surface area contributed by atoms with E-state index in [1.165, 1.54) is 139 Å². The molecule has 3 aromatic heterocycles. The Labute approximate surface area is 464 Å². The normalized spacial score (nSPS) is 24.9. The van der Waals surface area contributed by atoms with Crippen molar-refractivity contribution in [3.8, 4) is 0 Å². The molecule has 0 aliphatic carbocycles. The van der Waals surface area contributed by atoms with Crippen LogP contribution in [0.4, 0.5) is 0 Å². The summed E-state index contributed by atoms with van der Waals surface area (Å²) >= 11 is 0. The fourth-order valence-electron chi connectivity index (χ4n) is 12.9. The zero-order chi connectivity index (χ0) is 54.4. The summed E-state index contributed by atoms with van der Waals surface area (Å²) in [6, 6.07) is 33.2. The van der Waals surface area contributed by atoms with Crippen molar-refractivity contribution in [2.75, 3.05) is 65.4 Å². The van der Waals surface area contributed by atoms with Crippen LogP contribution in [0, 0.1) is 0 Å². The second-order valence-electron chi connectivity index (χ2n) is 24.5. The zero-order valence-corrected chi connectivity index (χ0v) is 50.0. The summed E-state index contributed by atoms with van der Waals surface area (Å²) in [4.78, 5) is 28.6. The zero-order valence-electron chi connectivity index (χ0n) is 50.0. The summed E-state index contributed by atoms with van der Waals surface area (Å²) in [6.07, 6.45) is 22.7. The molecule has 0 N–H and O–H groups in total. The van der Waals surface area contributed by atoms with Crippen LogP contribution < -0.4 is 0 Å². The first-order chi connectivity index (χ1) is 36.7. The summed E-state index contributed by atoms with van der Waals surface area (Å²) < 4.78 is 5.81. The monoisotopic (exact) mass is 1040 g/mol. The van der Waals surface area contributed by atoms with E-state index in [9.17, 15) is 0 Å². The summed E-state index contributed by atoms with van der Waals surface area (Å²) in [5, 5.41) is 0. The third kappa shape index (κ3) is 19.9. The third-order valence-corrected chi connectivity index (χ3v) is 17.3. The molecule has 9 heterocycles. The van der Waals surface area contributed by atoms with E-state index < -0.39 is 0 Å². The molecule has 5 unspecified atom stereocenters. The number of piperidine rings is 3. The van der Waals surface area contributed by atoms with E-state index in [-0.39, 0.29) is 0 Å². The molecule has 5 atom stereocenters. The molecule has 10 rings (SSSR count). The highest BCUT2D eigenvalue weighted by molar-refractivity contribution is 5.21. The predicted octanol–water partition coefficient (Wildman–Crippen LogP) is 13.0. The summed E-state index contributed by atoms with van der Waals surface area (Å²) in [5.74, 6) is 1.44. The quantitative estimate of drug-likeness (QED) is 0.145. The Bertz CT molecular complexity index is 2080. The number of nitrogens with zero attached hydrogens (tertiary/aromatic N) is 9. The lowest BCUT2D eigenvalue weighted by Gasteiger charge is -2.44. The Balaban J connectivity index is 0.000000154. The molecule has 0 saturated carbocycles. The van der Waals surface area contributed by atoms with Crippen LogP contribution in [0.15, 0.2) is 104 Å². The van der Waals surface area contributed by atoms with Gasteiger partial charge in [-0.3, -0.25) is 29.7 Å². The maximum absolute atomic E-state index is 5.81. The Hall–Kier alpha value is -3.61.